The molecule has 1 aromatic carbocycles. The van der Waals surface area contributed by atoms with Crippen LogP contribution in [0.25, 0.3) is 0 Å². The maximum Gasteiger partial charge on any atom is 0.119 e. The molecule has 0 amide bonds. The van der Waals surface area contributed by atoms with Crippen LogP contribution in [0.15, 0.2) is 28.7 Å². The first kappa shape index (κ1) is 14.5. The molecule has 0 spiro atoms. The number of likely N-dealkylation sites (N-methyl/N-ethyl adjacent to an activating group) is 1. The molecule has 0 aliphatic carbocycles. The molecule has 3 heteroatoms. The van der Waals surface area contributed by atoms with Crippen molar-refractivity contribution in [3.05, 3.63) is 28.7 Å². The van der Waals surface area contributed by atoms with Crippen molar-refractivity contribution in [2.24, 2.45) is 0 Å². The van der Waals surface area contributed by atoms with Gasteiger partial charge in [0.15, 0.2) is 0 Å². The summed E-state index contributed by atoms with van der Waals surface area (Å²) in [7, 11) is 2.15. The lowest BCUT2D eigenvalue weighted by atomic mass is 10.2. The number of benzene rings is 1. The van der Waals surface area contributed by atoms with Gasteiger partial charge < -0.3 is 9.64 Å². The molecule has 0 N–H and O–H groups in total. The summed E-state index contributed by atoms with van der Waals surface area (Å²) >= 11 is 3.41. The average molecular weight is 300 g/mol. The van der Waals surface area contributed by atoms with E-state index < -0.39 is 0 Å². The molecule has 0 aromatic heterocycles. The fourth-order valence-corrected chi connectivity index (χ4v) is 1.86. The molecule has 0 unspecified atom stereocenters. The number of halogens is 1. The highest BCUT2D eigenvalue weighted by Crippen LogP contribution is 2.15. The Morgan fingerprint density at radius 1 is 1.12 bits per heavy atom. The van der Waals surface area contributed by atoms with E-state index in [1.807, 2.05) is 24.3 Å². The number of hydrogen-bond donors (Lipinski definition) is 0. The monoisotopic (exact) mass is 299 g/mol. The minimum Gasteiger partial charge on any atom is -0.492 e. The number of rotatable bonds is 8. The molecule has 0 fully saturated rings. The second-order valence-electron chi connectivity index (χ2n) is 4.31. The Hall–Kier alpha value is -0.540. The van der Waals surface area contributed by atoms with Crippen molar-refractivity contribution < 1.29 is 4.74 Å². The van der Waals surface area contributed by atoms with Gasteiger partial charge in [0, 0.05) is 11.0 Å². The molecule has 0 heterocycles. The summed E-state index contributed by atoms with van der Waals surface area (Å²) in [6.45, 7) is 5.14. The molecule has 1 rings (SSSR count). The zero-order valence-corrected chi connectivity index (χ0v) is 12.4. The van der Waals surface area contributed by atoms with Gasteiger partial charge in [-0.05, 0) is 44.3 Å². The summed E-state index contributed by atoms with van der Waals surface area (Å²) in [5.41, 5.74) is 0. The van der Waals surface area contributed by atoms with Crippen LogP contribution in [-0.4, -0.2) is 31.6 Å². The summed E-state index contributed by atoms with van der Waals surface area (Å²) < 4.78 is 6.76. The lowest BCUT2D eigenvalue weighted by Gasteiger charge is -2.16. The standard InChI is InChI=1S/C14H22BrNO/c1-3-4-5-10-16(2)11-12-17-14-8-6-13(15)7-9-14/h6-9H,3-5,10-12H2,1-2H3. The molecule has 96 valence electrons. The Balaban J connectivity index is 2.12. The van der Waals surface area contributed by atoms with Crippen LogP contribution < -0.4 is 4.74 Å². The van der Waals surface area contributed by atoms with Gasteiger partial charge in [-0.15, -0.1) is 0 Å². The molecular formula is C14H22BrNO. The molecule has 17 heavy (non-hydrogen) atoms. The molecule has 0 saturated heterocycles. The van der Waals surface area contributed by atoms with Crippen LogP contribution >= 0.6 is 15.9 Å². The normalized spacial score (nSPS) is 10.8. The zero-order chi connectivity index (χ0) is 12.5. The minimum atomic E-state index is 0.754. The lowest BCUT2D eigenvalue weighted by Crippen LogP contribution is -2.25. The first-order chi connectivity index (χ1) is 8.22. The van der Waals surface area contributed by atoms with Gasteiger partial charge >= 0.3 is 0 Å². The molecule has 0 atom stereocenters. The van der Waals surface area contributed by atoms with Crippen LogP contribution in [0, 0.1) is 0 Å². The van der Waals surface area contributed by atoms with E-state index in [2.05, 4.69) is 34.8 Å². The Morgan fingerprint density at radius 2 is 1.82 bits per heavy atom. The molecule has 2 nitrogen and oxygen atoms in total. The third kappa shape index (κ3) is 6.69. The number of unbranched alkanes of at least 4 members (excludes halogenated alkanes) is 2. The average Bonchev–Trinajstić information content (AvgIpc) is 2.32. The molecule has 0 aliphatic rings. The molecule has 0 saturated carbocycles. The smallest absolute Gasteiger partial charge is 0.119 e. The first-order valence-corrected chi connectivity index (χ1v) is 7.08. The predicted octanol–water partition coefficient (Wildman–Crippen LogP) is 3.95. The van der Waals surface area contributed by atoms with Gasteiger partial charge in [-0.3, -0.25) is 0 Å². The van der Waals surface area contributed by atoms with Gasteiger partial charge in [-0.2, -0.15) is 0 Å². The van der Waals surface area contributed by atoms with E-state index in [0.717, 1.165) is 29.9 Å². The summed E-state index contributed by atoms with van der Waals surface area (Å²) in [4.78, 5) is 2.33. The minimum absolute atomic E-state index is 0.754. The SMILES string of the molecule is CCCCCN(C)CCOc1ccc(Br)cc1. The second kappa shape index (κ2) is 8.54. The van der Waals surface area contributed by atoms with Crippen LogP contribution in [-0.2, 0) is 0 Å². The van der Waals surface area contributed by atoms with Crippen LogP contribution in [0.1, 0.15) is 26.2 Å². The van der Waals surface area contributed by atoms with Crippen molar-refractivity contribution in [2.75, 3.05) is 26.7 Å². The van der Waals surface area contributed by atoms with E-state index in [1.165, 1.54) is 19.3 Å². The lowest BCUT2D eigenvalue weighted by molar-refractivity contribution is 0.235. The van der Waals surface area contributed by atoms with E-state index in [1.54, 1.807) is 0 Å². The quantitative estimate of drug-likeness (QED) is 0.674. The Kier molecular flexibility index (Phi) is 7.29. The topological polar surface area (TPSA) is 12.5 Å². The summed E-state index contributed by atoms with van der Waals surface area (Å²) in [5.74, 6) is 0.940. The van der Waals surface area contributed by atoms with Crippen molar-refractivity contribution in [3.63, 3.8) is 0 Å². The number of ether oxygens (including phenoxy) is 1. The van der Waals surface area contributed by atoms with E-state index in [9.17, 15) is 0 Å². The molecule has 1 aromatic rings. The van der Waals surface area contributed by atoms with Gasteiger partial charge in [0.2, 0.25) is 0 Å². The summed E-state index contributed by atoms with van der Waals surface area (Å²) in [5, 5.41) is 0. The van der Waals surface area contributed by atoms with Crippen molar-refractivity contribution in [2.45, 2.75) is 26.2 Å². The largest absolute Gasteiger partial charge is 0.492 e. The van der Waals surface area contributed by atoms with Crippen molar-refractivity contribution in [1.82, 2.24) is 4.90 Å². The van der Waals surface area contributed by atoms with Gasteiger partial charge in [0.05, 0.1) is 0 Å². The fraction of sp³-hybridized carbons (Fsp3) is 0.571. The van der Waals surface area contributed by atoms with Crippen LogP contribution in [0.2, 0.25) is 0 Å². The molecular weight excluding hydrogens is 278 g/mol. The van der Waals surface area contributed by atoms with Crippen molar-refractivity contribution in [1.29, 1.82) is 0 Å². The highest BCUT2D eigenvalue weighted by molar-refractivity contribution is 9.10. The molecule has 0 bridgehead atoms. The number of nitrogens with zero attached hydrogens (tertiary/aromatic N) is 1. The van der Waals surface area contributed by atoms with Crippen molar-refractivity contribution in [3.8, 4) is 5.75 Å². The number of hydrogen-bond acceptors (Lipinski definition) is 2. The third-order valence-corrected chi connectivity index (χ3v) is 3.23. The van der Waals surface area contributed by atoms with Gasteiger partial charge in [-0.25, -0.2) is 0 Å². The molecule has 0 aliphatic heterocycles. The fourth-order valence-electron chi connectivity index (χ4n) is 1.59. The predicted molar refractivity (Wildman–Crippen MR) is 76.7 cm³/mol. The van der Waals surface area contributed by atoms with Crippen LogP contribution in [0.5, 0.6) is 5.75 Å². The van der Waals surface area contributed by atoms with E-state index in [4.69, 9.17) is 4.74 Å². The maximum atomic E-state index is 5.68. The second-order valence-corrected chi connectivity index (χ2v) is 5.23. The highest BCUT2D eigenvalue weighted by Gasteiger charge is 1.99. The van der Waals surface area contributed by atoms with Gasteiger partial charge in [0.25, 0.3) is 0 Å². The van der Waals surface area contributed by atoms with E-state index >= 15 is 0 Å². The van der Waals surface area contributed by atoms with Crippen molar-refractivity contribution >= 4 is 15.9 Å². The van der Waals surface area contributed by atoms with Gasteiger partial charge in [-0.1, -0.05) is 35.7 Å². The van der Waals surface area contributed by atoms with Crippen LogP contribution in [0.4, 0.5) is 0 Å². The van der Waals surface area contributed by atoms with E-state index in [0.29, 0.717) is 0 Å². The first-order valence-electron chi connectivity index (χ1n) is 6.29. The maximum absolute atomic E-state index is 5.68. The molecule has 0 radical (unpaired) electrons. The summed E-state index contributed by atoms with van der Waals surface area (Å²) in [6, 6.07) is 7.98. The third-order valence-electron chi connectivity index (χ3n) is 2.70. The van der Waals surface area contributed by atoms with E-state index in [-0.39, 0.29) is 0 Å². The highest BCUT2D eigenvalue weighted by atomic mass is 79.9. The Morgan fingerprint density at radius 3 is 2.47 bits per heavy atom. The van der Waals surface area contributed by atoms with Crippen LogP contribution in [0.3, 0.4) is 0 Å². The Bertz CT molecular complexity index is 300. The Labute approximate surface area is 113 Å². The zero-order valence-electron chi connectivity index (χ0n) is 10.8. The van der Waals surface area contributed by atoms with Gasteiger partial charge in [0.1, 0.15) is 12.4 Å². The summed E-state index contributed by atoms with van der Waals surface area (Å²) in [6.07, 6.45) is 3.88.